The quantitative estimate of drug-likeness (QED) is 0.612. The smallest absolute Gasteiger partial charge is 0.243 e. The number of fused-ring (bicyclic) bond motifs is 1. The summed E-state index contributed by atoms with van der Waals surface area (Å²) in [7, 11) is 0. The van der Waals surface area contributed by atoms with Crippen molar-refractivity contribution in [1.29, 1.82) is 0 Å². The van der Waals surface area contributed by atoms with Gasteiger partial charge in [-0.2, -0.15) is 0 Å². The highest BCUT2D eigenvalue weighted by molar-refractivity contribution is 6.30. The summed E-state index contributed by atoms with van der Waals surface area (Å²) in [6.07, 6.45) is 4.96. The Morgan fingerprint density at radius 3 is 2.97 bits per heavy atom. The topological polar surface area (TPSA) is 36.4 Å². The molecule has 3 aromatic rings. The molecule has 4 heterocycles. The average molecular weight is 418 g/mol. The van der Waals surface area contributed by atoms with Crippen molar-refractivity contribution in [3.05, 3.63) is 76.9 Å². The summed E-state index contributed by atoms with van der Waals surface area (Å²) in [6.45, 7) is 2.49. The van der Waals surface area contributed by atoms with Gasteiger partial charge in [-0.15, -0.1) is 0 Å². The largest absolute Gasteiger partial charge is 0.336 e. The maximum atomic E-state index is 13.7. The second-order valence-corrected chi connectivity index (χ2v) is 9.38. The van der Waals surface area contributed by atoms with E-state index < -0.39 is 0 Å². The lowest BCUT2D eigenvalue weighted by Crippen LogP contribution is -2.49. The van der Waals surface area contributed by atoms with E-state index in [1.54, 1.807) is 0 Å². The first-order valence-corrected chi connectivity index (χ1v) is 11.2. The molecule has 0 bridgehead atoms. The van der Waals surface area contributed by atoms with E-state index in [-0.39, 0.29) is 5.54 Å². The number of hydrogen-bond donors (Lipinski definition) is 0. The molecule has 0 aliphatic carbocycles. The van der Waals surface area contributed by atoms with Gasteiger partial charge in [-0.1, -0.05) is 35.9 Å². The van der Waals surface area contributed by atoms with Gasteiger partial charge in [0.25, 0.3) is 0 Å². The van der Waals surface area contributed by atoms with E-state index in [0.29, 0.717) is 24.4 Å². The Bertz CT molecular complexity index is 1150. The number of carbonyl (C=O) groups is 1. The van der Waals surface area contributed by atoms with Crippen molar-refractivity contribution < 1.29 is 4.79 Å². The molecule has 4 nitrogen and oxygen atoms in total. The molecule has 5 heteroatoms. The molecule has 0 saturated carbocycles. The van der Waals surface area contributed by atoms with Gasteiger partial charge in [-0.25, -0.2) is 0 Å². The van der Waals surface area contributed by atoms with Gasteiger partial charge in [0.05, 0.1) is 5.52 Å². The molecule has 3 aliphatic heterocycles. The first-order valence-electron chi connectivity index (χ1n) is 10.8. The van der Waals surface area contributed by atoms with Gasteiger partial charge in [0.1, 0.15) is 5.54 Å². The monoisotopic (exact) mass is 417 g/mol. The summed E-state index contributed by atoms with van der Waals surface area (Å²) in [4.78, 5) is 22.8. The van der Waals surface area contributed by atoms with Crippen LogP contribution < -0.4 is 0 Å². The Labute approximate surface area is 181 Å². The number of rotatable bonds is 3. The van der Waals surface area contributed by atoms with Crippen molar-refractivity contribution in [2.45, 2.75) is 37.4 Å². The van der Waals surface area contributed by atoms with E-state index in [4.69, 9.17) is 11.6 Å². The summed E-state index contributed by atoms with van der Waals surface area (Å²) in [6, 6.07) is 18.9. The summed E-state index contributed by atoms with van der Waals surface area (Å²) in [5, 5.41) is 1.90. The number of aromatic nitrogens is 1. The highest BCUT2D eigenvalue weighted by atomic mass is 35.5. The van der Waals surface area contributed by atoms with Gasteiger partial charge in [0.2, 0.25) is 5.91 Å². The number of pyridine rings is 1. The maximum Gasteiger partial charge on any atom is 0.243 e. The van der Waals surface area contributed by atoms with Crippen LogP contribution in [0.4, 0.5) is 0 Å². The minimum Gasteiger partial charge on any atom is -0.336 e. The lowest BCUT2D eigenvalue weighted by atomic mass is 9.85. The molecule has 2 aromatic carbocycles. The fourth-order valence-corrected chi connectivity index (χ4v) is 6.40. The summed E-state index contributed by atoms with van der Waals surface area (Å²) in [5.74, 6) is 0.705. The number of carbonyl (C=O) groups excluding carboxylic acids is 1. The molecule has 1 amide bonds. The van der Waals surface area contributed by atoms with Crippen LogP contribution in [0.15, 0.2) is 60.8 Å². The van der Waals surface area contributed by atoms with Gasteiger partial charge < -0.3 is 4.90 Å². The highest BCUT2D eigenvalue weighted by Crippen LogP contribution is 2.56. The zero-order valence-electron chi connectivity index (χ0n) is 16.8. The van der Waals surface area contributed by atoms with Gasteiger partial charge in [-0.05, 0) is 67.3 Å². The van der Waals surface area contributed by atoms with Crippen molar-refractivity contribution in [3.8, 4) is 0 Å². The molecule has 3 saturated heterocycles. The molecule has 0 unspecified atom stereocenters. The number of benzene rings is 2. The Morgan fingerprint density at radius 2 is 2.07 bits per heavy atom. The standard InChI is InChI=1S/C25H24ClN3O/c26-21-6-1-4-17(12-21)15-28-16-20-14-23(29-11-3-9-25(20,29)24(28)30)19-7-8-22-18(13-19)5-2-10-27-22/h1-2,4-8,10,12-13,20,23H,3,9,11,14-16H2/t20-,23-,25-/m0/s1. The lowest BCUT2D eigenvalue weighted by molar-refractivity contribution is -0.137. The van der Waals surface area contributed by atoms with E-state index in [0.717, 1.165) is 48.5 Å². The second-order valence-electron chi connectivity index (χ2n) is 8.94. The Morgan fingerprint density at radius 1 is 1.13 bits per heavy atom. The van der Waals surface area contributed by atoms with Crippen LogP contribution in [0.5, 0.6) is 0 Å². The van der Waals surface area contributed by atoms with E-state index in [1.165, 1.54) is 10.9 Å². The minimum absolute atomic E-state index is 0.312. The first kappa shape index (κ1) is 18.3. The van der Waals surface area contributed by atoms with Crippen LogP contribution in [-0.2, 0) is 11.3 Å². The molecule has 1 aromatic heterocycles. The molecule has 3 atom stereocenters. The zero-order valence-corrected chi connectivity index (χ0v) is 17.6. The van der Waals surface area contributed by atoms with Crippen LogP contribution in [-0.4, -0.2) is 39.3 Å². The van der Waals surface area contributed by atoms with Crippen molar-refractivity contribution in [1.82, 2.24) is 14.8 Å². The predicted molar refractivity (Wildman–Crippen MR) is 118 cm³/mol. The normalized spacial score (nSPS) is 28.3. The van der Waals surface area contributed by atoms with Gasteiger partial charge >= 0.3 is 0 Å². The first-order chi connectivity index (χ1) is 14.6. The zero-order chi connectivity index (χ0) is 20.3. The SMILES string of the molecule is O=C1N(Cc2cccc(Cl)c2)C[C@@H]2C[C@@H](c3ccc4ncccc4c3)N3CCC[C@@]123. The molecule has 152 valence electrons. The van der Waals surface area contributed by atoms with Crippen LogP contribution in [0.2, 0.25) is 5.02 Å². The number of likely N-dealkylation sites (tertiary alicyclic amines) is 1. The fraction of sp³-hybridized carbons (Fsp3) is 0.360. The van der Waals surface area contributed by atoms with Crippen LogP contribution in [0.1, 0.15) is 36.4 Å². The third-order valence-electron chi connectivity index (χ3n) is 7.40. The Balaban J connectivity index is 1.31. The van der Waals surface area contributed by atoms with Crippen LogP contribution >= 0.6 is 11.6 Å². The average Bonchev–Trinajstić information content (AvgIpc) is 3.38. The van der Waals surface area contributed by atoms with Crippen LogP contribution in [0.25, 0.3) is 10.9 Å². The molecule has 0 radical (unpaired) electrons. The predicted octanol–water partition coefficient (Wildman–Crippen LogP) is 4.83. The van der Waals surface area contributed by atoms with E-state index in [2.05, 4.69) is 45.1 Å². The molecular weight excluding hydrogens is 394 g/mol. The van der Waals surface area contributed by atoms with E-state index in [1.807, 2.05) is 30.5 Å². The van der Waals surface area contributed by atoms with Crippen molar-refractivity contribution in [3.63, 3.8) is 0 Å². The maximum absolute atomic E-state index is 13.7. The van der Waals surface area contributed by atoms with Crippen molar-refractivity contribution in [2.24, 2.45) is 5.92 Å². The molecule has 1 spiro atoms. The highest BCUT2D eigenvalue weighted by Gasteiger charge is 2.65. The number of hydrogen-bond acceptors (Lipinski definition) is 3. The molecule has 6 rings (SSSR count). The van der Waals surface area contributed by atoms with Gasteiger partial charge in [0.15, 0.2) is 0 Å². The van der Waals surface area contributed by atoms with E-state index >= 15 is 0 Å². The number of nitrogens with zero attached hydrogens (tertiary/aromatic N) is 3. The molecular formula is C25H24ClN3O. The molecule has 3 aliphatic rings. The second kappa shape index (κ2) is 6.79. The van der Waals surface area contributed by atoms with Gasteiger partial charge in [0, 0.05) is 41.7 Å². The third kappa shape index (κ3) is 2.63. The number of halogens is 1. The molecule has 30 heavy (non-hydrogen) atoms. The van der Waals surface area contributed by atoms with Crippen molar-refractivity contribution in [2.75, 3.05) is 13.1 Å². The Kier molecular flexibility index (Phi) is 4.15. The summed E-state index contributed by atoms with van der Waals surface area (Å²) < 4.78 is 0. The fourth-order valence-electron chi connectivity index (χ4n) is 6.19. The van der Waals surface area contributed by atoms with Crippen LogP contribution in [0, 0.1) is 5.92 Å². The minimum atomic E-state index is -0.312. The summed E-state index contributed by atoms with van der Waals surface area (Å²) in [5.41, 5.74) is 3.14. The summed E-state index contributed by atoms with van der Waals surface area (Å²) >= 11 is 6.16. The molecule has 0 N–H and O–H groups in total. The van der Waals surface area contributed by atoms with Crippen LogP contribution in [0.3, 0.4) is 0 Å². The van der Waals surface area contributed by atoms with Crippen molar-refractivity contribution >= 4 is 28.4 Å². The third-order valence-corrected chi connectivity index (χ3v) is 7.64. The van der Waals surface area contributed by atoms with Gasteiger partial charge in [-0.3, -0.25) is 14.7 Å². The molecule has 3 fully saturated rings. The van der Waals surface area contributed by atoms with E-state index in [9.17, 15) is 4.79 Å². The Hall–Kier alpha value is -2.43. The number of amides is 1. The lowest BCUT2D eigenvalue weighted by Gasteiger charge is -2.33.